The summed E-state index contributed by atoms with van der Waals surface area (Å²) in [6.07, 6.45) is 11.6. The Morgan fingerprint density at radius 2 is 1.95 bits per heavy atom. The number of pyridine rings is 1. The molecule has 206 valence electrons. The number of amides is 1. The molecule has 0 bridgehead atoms. The Bertz CT molecular complexity index is 1520. The van der Waals surface area contributed by atoms with Gasteiger partial charge < -0.3 is 0 Å². The summed E-state index contributed by atoms with van der Waals surface area (Å²) in [6.45, 7) is 4.58. The molecule has 1 fully saturated rings. The summed E-state index contributed by atoms with van der Waals surface area (Å²) in [5, 5.41) is 4.94. The molecule has 6 rings (SSSR count). The molecule has 1 amide bonds. The summed E-state index contributed by atoms with van der Waals surface area (Å²) in [6, 6.07) is 11.0. The van der Waals surface area contributed by atoms with E-state index < -0.39 is 0 Å². The van der Waals surface area contributed by atoms with Crippen LogP contribution >= 0.6 is 0 Å². The number of aromatic nitrogens is 3. The third-order valence-corrected chi connectivity index (χ3v) is 7.95. The zero-order chi connectivity index (χ0) is 27.8. The largest absolute Gasteiger partial charge is 0.291 e. The van der Waals surface area contributed by atoms with Crippen molar-refractivity contribution in [2.24, 2.45) is 9.98 Å². The molecule has 2 aromatic heterocycles. The van der Waals surface area contributed by atoms with Crippen molar-refractivity contribution in [3.8, 4) is 11.3 Å². The van der Waals surface area contributed by atoms with Crippen LogP contribution in [0.15, 0.2) is 64.7 Å². The molecule has 3 aromatic rings. The number of fused-ring (bicyclic) bond motifs is 5. The van der Waals surface area contributed by atoms with Crippen LogP contribution in [0.3, 0.4) is 0 Å². The first-order valence-corrected chi connectivity index (χ1v) is 14.2. The van der Waals surface area contributed by atoms with E-state index in [1.807, 2.05) is 35.0 Å². The molecular weight excluding hydrogens is 505 g/mol. The van der Waals surface area contributed by atoms with Crippen LogP contribution in [-0.4, -0.2) is 56.4 Å². The van der Waals surface area contributed by atoms with Crippen LogP contribution in [0.1, 0.15) is 68.3 Å². The molecule has 2 aliphatic heterocycles. The molecule has 0 saturated heterocycles. The fourth-order valence-corrected chi connectivity index (χ4v) is 5.89. The van der Waals surface area contributed by atoms with Crippen LogP contribution in [-0.2, 0) is 6.54 Å². The summed E-state index contributed by atoms with van der Waals surface area (Å²) in [7, 11) is 1.80. The van der Waals surface area contributed by atoms with Crippen molar-refractivity contribution < 1.29 is 9.18 Å². The van der Waals surface area contributed by atoms with E-state index >= 15 is 0 Å². The quantitative estimate of drug-likeness (QED) is 0.337. The molecular formula is C31H34FN7O. The molecule has 0 N–H and O–H groups in total. The molecule has 1 aliphatic carbocycles. The number of guanidine groups is 1. The van der Waals surface area contributed by atoms with Gasteiger partial charge in [0.1, 0.15) is 22.9 Å². The predicted octanol–water partition coefficient (Wildman–Crippen LogP) is 6.15. The number of benzene rings is 1. The second-order valence-corrected chi connectivity index (χ2v) is 10.6. The second-order valence-electron chi connectivity index (χ2n) is 10.6. The number of halogens is 1. The molecule has 8 nitrogen and oxygen atoms in total. The zero-order valence-corrected chi connectivity index (χ0v) is 23.2. The van der Waals surface area contributed by atoms with E-state index in [0.29, 0.717) is 35.1 Å². The van der Waals surface area contributed by atoms with E-state index in [-0.39, 0.29) is 23.8 Å². The Labute approximate surface area is 234 Å². The van der Waals surface area contributed by atoms with E-state index in [4.69, 9.17) is 15.1 Å². The molecule has 0 spiro atoms. The summed E-state index contributed by atoms with van der Waals surface area (Å²) in [4.78, 5) is 31.8. The van der Waals surface area contributed by atoms with E-state index in [2.05, 4.69) is 29.8 Å². The highest BCUT2D eigenvalue weighted by Gasteiger charge is 2.48. The average molecular weight is 540 g/mol. The molecule has 2 unspecified atom stereocenters. The Morgan fingerprint density at radius 3 is 2.70 bits per heavy atom. The lowest BCUT2D eigenvalue weighted by Crippen LogP contribution is -2.53. The molecule has 9 heteroatoms. The number of nitrogens with zero attached hydrogens (tertiary/aromatic N) is 7. The normalized spacial score (nSPS) is 20.6. The average Bonchev–Trinajstić information content (AvgIpc) is 3.53. The van der Waals surface area contributed by atoms with Gasteiger partial charge in [-0.05, 0) is 49.5 Å². The Hall–Kier alpha value is -4.14. The SMILES string of the molecule is CC/C=C\C(CC)=Nc1nn(Cc2ccc(-c3ncccc3F)cc2)c2c1C(=O)N(C)C1=NC3CCCCC3N12. The first kappa shape index (κ1) is 26.1. The number of anilines is 1. The highest BCUT2D eigenvalue weighted by molar-refractivity contribution is 6.21. The van der Waals surface area contributed by atoms with Gasteiger partial charge in [0.25, 0.3) is 5.91 Å². The van der Waals surface area contributed by atoms with Crippen molar-refractivity contribution in [2.45, 2.75) is 71.0 Å². The number of hydrogen-bond donors (Lipinski definition) is 0. The van der Waals surface area contributed by atoms with E-state index in [1.165, 1.54) is 6.07 Å². The van der Waals surface area contributed by atoms with Gasteiger partial charge >= 0.3 is 0 Å². The highest BCUT2D eigenvalue weighted by Crippen LogP contribution is 2.43. The van der Waals surface area contributed by atoms with Crippen molar-refractivity contribution in [3.63, 3.8) is 0 Å². The van der Waals surface area contributed by atoms with Crippen molar-refractivity contribution in [2.75, 3.05) is 11.9 Å². The van der Waals surface area contributed by atoms with Gasteiger partial charge in [0.05, 0.1) is 18.6 Å². The topological polar surface area (TPSA) is 79.0 Å². The fraction of sp³-hybridized carbons (Fsp3) is 0.387. The smallest absolute Gasteiger partial charge is 0.268 e. The van der Waals surface area contributed by atoms with Gasteiger partial charge in [-0.2, -0.15) is 0 Å². The van der Waals surface area contributed by atoms with Crippen molar-refractivity contribution in [3.05, 3.63) is 71.7 Å². The van der Waals surface area contributed by atoms with Crippen LogP contribution in [0.5, 0.6) is 0 Å². The number of carbonyl (C=O) groups is 1. The third-order valence-electron chi connectivity index (χ3n) is 7.95. The lowest BCUT2D eigenvalue weighted by atomic mass is 9.90. The summed E-state index contributed by atoms with van der Waals surface area (Å²) in [5.41, 5.74) is 3.41. The molecule has 4 heterocycles. The summed E-state index contributed by atoms with van der Waals surface area (Å²) >= 11 is 0. The van der Waals surface area contributed by atoms with Gasteiger partial charge in [-0.3, -0.25) is 19.6 Å². The van der Waals surface area contributed by atoms with Gasteiger partial charge in [-0.1, -0.05) is 57.0 Å². The molecule has 0 radical (unpaired) electrons. The van der Waals surface area contributed by atoms with E-state index in [9.17, 15) is 9.18 Å². The van der Waals surface area contributed by atoms with Crippen molar-refractivity contribution in [1.82, 2.24) is 19.7 Å². The maximum absolute atomic E-state index is 14.3. The number of aliphatic imine (C=N–C) groups is 2. The minimum absolute atomic E-state index is 0.135. The van der Waals surface area contributed by atoms with Gasteiger partial charge in [-0.25, -0.2) is 19.1 Å². The van der Waals surface area contributed by atoms with Crippen LogP contribution in [0, 0.1) is 5.82 Å². The molecule has 1 aromatic carbocycles. The van der Waals surface area contributed by atoms with Gasteiger partial charge in [-0.15, -0.1) is 5.10 Å². The lowest BCUT2D eigenvalue weighted by molar-refractivity contribution is 0.0865. The Kier molecular flexibility index (Phi) is 7.04. The van der Waals surface area contributed by atoms with Crippen LogP contribution in [0.4, 0.5) is 16.0 Å². The Morgan fingerprint density at radius 1 is 1.15 bits per heavy atom. The van der Waals surface area contributed by atoms with Gasteiger partial charge in [0, 0.05) is 24.5 Å². The standard InChI is InChI=1S/C31H34FN7O/c1-4-6-10-22(5-2)34-28-26-29(39-25-13-8-7-12-24(25)35-31(39)37(3)30(26)40)38(36-28)19-20-14-16-21(17-15-20)27-23(32)11-9-18-33-27/h6,9-11,14-18,24-25H,4-5,7-8,12-13,19H2,1-3H3/b10-6-,34-22?. The molecule has 40 heavy (non-hydrogen) atoms. The monoisotopic (exact) mass is 539 g/mol. The number of rotatable bonds is 7. The minimum Gasteiger partial charge on any atom is -0.291 e. The van der Waals surface area contributed by atoms with Gasteiger partial charge in [0.2, 0.25) is 5.96 Å². The Balaban J connectivity index is 1.44. The van der Waals surface area contributed by atoms with Gasteiger partial charge in [0.15, 0.2) is 5.82 Å². The lowest BCUT2D eigenvalue weighted by Gasteiger charge is -2.38. The van der Waals surface area contributed by atoms with Crippen LogP contribution in [0.25, 0.3) is 11.3 Å². The molecule has 1 saturated carbocycles. The maximum Gasteiger partial charge on any atom is 0.268 e. The third kappa shape index (κ3) is 4.53. The highest BCUT2D eigenvalue weighted by atomic mass is 19.1. The molecule has 2 atom stereocenters. The summed E-state index contributed by atoms with van der Waals surface area (Å²) < 4.78 is 16.2. The number of hydrogen-bond acceptors (Lipinski definition) is 6. The zero-order valence-electron chi connectivity index (χ0n) is 23.2. The second kappa shape index (κ2) is 10.8. The van der Waals surface area contributed by atoms with E-state index in [0.717, 1.165) is 55.6 Å². The fourth-order valence-electron chi connectivity index (χ4n) is 5.89. The maximum atomic E-state index is 14.3. The first-order chi connectivity index (χ1) is 19.5. The summed E-state index contributed by atoms with van der Waals surface area (Å²) in [5.74, 6) is 1.42. The predicted molar refractivity (Wildman–Crippen MR) is 156 cm³/mol. The van der Waals surface area contributed by atoms with Crippen molar-refractivity contribution in [1.29, 1.82) is 0 Å². The number of allylic oxidation sites excluding steroid dienone is 2. The van der Waals surface area contributed by atoms with Crippen LogP contribution in [0.2, 0.25) is 0 Å². The van der Waals surface area contributed by atoms with E-state index in [1.54, 1.807) is 24.2 Å². The first-order valence-electron chi connectivity index (χ1n) is 14.2. The van der Waals surface area contributed by atoms with Crippen molar-refractivity contribution >= 4 is 29.2 Å². The molecule has 3 aliphatic rings. The number of carbonyl (C=O) groups excluding carboxylic acids is 1. The van der Waals surface area contributed by atoms with Crippen LogP contribution < -0.4 is 4.90 Å². The minimum atomic E-state index is -0.353.